The highest BCUT2D eigenvalue weighted by molar-refractivity contribution is 7.99. The standard InChI is InChI=1S/C22H24N6O2S/c1-15-3-4-17(11-16(15)2)18-12-19-22(29)27(5-6-28(19)24-18)13-20-23-21(30-25-20)14-26-7-9-31-10-8-26/h3-6,11-12H,7-10,13-14H2,1-2H3. The van der Waals surface area contributed by atoms with Gasteiger partial charge in [0.05, 0.1) is 18.8 Å². The molecule has 1 aliphatic heterocycles. The average molecular weight is 437 g/mol. The van der Waals surface area contributed by atoms with Gasteiger partial charge in [-0.3, -0.25) is 9.69 Å². The Balaban J connectivity index is 1.37. The van der Waals surface area contributed by atoms with Gasteiger partial charge in [-0.1, -0.05) is 17.3 Å². The summed E-state index contributed by atoms with van der Waals surface area (Å²) < 4.78 is 8.62. The van der Waals surface area contributed by atoms with Crippen molar-refractivity contribution in [2.45, 2.75) is 26.9 Å². The van der Waals surface area contributed by atoms with Crippen molar-refractivity contribution in [1.82, 2.24) is 29.2 Å². The van der Waals surface area contributed by atoms with Gasteiger partial charge in [0, 0.05) is 42.6 Å². The van der Waals surface area contributed by atoms with Gasteiger partial charge in [0.2, 0.25) is 5.89 Å². The quantitative estimate of drug-likeness (QED) is 0.476. The van der Waals surface area contributed by atoms with E-state index in [1.54, 1.807) is 21.5 Å². The average Bonchev–Trinajstić information content (AvgIpc) is 3.40. The van der Waals surface area contributed by atoms with Crippen LogP contribution in [0.15, 0.2) is 46.0 Å². The monoisotopic (exact) mass is 436 g/mol. The lowest BCUT2D eigenvalue weighted by molar-refractivity contribution is 0.245. The third-order valence-electron chi connectivity index (χ3n) is 5.69. The van der Waals surface area contributed by atoms with Crippen LogP contribution in [0.4, 0.5) is 0 Å². The first-order valence-corrected chi connectivity index (χ1v) is 11.5. The Kier molecular flexibility index (Phi) is 5.37. The third kappa shape index (κ3) is 4.15. The number of nitrogens with zero attached hydrogens (tertiary/aromatic N) is 6. The maximum absolute atomic E-state index is 13.0. The molecule has 4 heterocycles. The topological polar surface area (TPSA) is 81.5 Å². The number of hydrogen-bond acceptors (Lipinski definition) is 7. The molecule has 0 aliphatic carbocycles. The molecule has 31 heavy (non-hydrogen) atoms. The zero-order chi connectivity index (χ0) is 21.4. The SMILES string of the molecule is Cc1ccc(-c2cc3c(=O)n(Cc4noc(CN5CCSCC5)n4)ccn3n2)cc1C. The molecular formula is C22H24N6O2S. The fourth-order valence-electron chi connectivity index (χ4n) is 3.71. The number of aromatic nitrogens is 5. The van der Waals surface area contributed by atoms with Crippen molar-refractivity contribution >= 4 is 17.3 Å². The highest BCUT2D eigenvalue weighted by Gasteiger charge is 2.16. The Morgan fingerprint density at radius 2 is 1.90 bits per heavy atom. The van der Waals surface area contributed by atoms with Crippen molar-refractivity contribution in [3.63, 3.8) is 0 Å². The minimum Gasteiger partial charge on any atom is -0.338 e. The molecule has 5 rings (SSSR count). The molecule has 0 saturated carbocycles. The molecule has 3 aromatic heterocycles. The second kappa shape index (κ2) is 8.32. The lowest BCUT2D eigenvalue weighted by Gasteiger charge is -2.24. The number of fused-ring (bicyclic) bond motifs is 1. The molecule has 1 aliphatic rings. The van der Waals surface area contributed by atoms with Crippen LogP contribution < -0.4 is 5.56 Å². The molecule has 1 fully saturated rings. The predicted octanol–water partition coefficient (Wildman–Crippen LogP) is 2.76. The van der Waals surface area contributed by atoms with Gasteiger partial charge in [0.25, 0.3) is 5.56 Å². The first-order valence-electron chi connectivity index (χ1n) is 10.3. The molecule has 0 bridgehead atoms. The number of aryl methyl sites for hydroxylation is 2. The Morgan fingerprint density at radius 1 is 1.06 bits per heavy atom. The fraction of sp³-hybridized carbons (Fsp3) is 0.364. The van der Waals surface area contributed by atoms with E-state index in [-0.39, 0.29) is 12.1 Å². The van der Waals surface area contributed by atoms with E-state index in [1.807, 2.05) is 23.9 Å². The van der Waals surface area contributed by atoms with Gasteiger partial charge >= 0.3 is 0 Å². The van der Waals surface area contributed by atoms with Gasteiger partial charge in [-0.25, -0.2) is 4.52 Å². The summed E-state index contributed by atoms with van der Waals surface area (Å²) in [6.45, 7) is 7.13. The summed E-state index contributed by atoms with van der Waals surface area (Å²) >= 11 is 1.97. The van der Waals surface area contributed by atoms with Crippen LogP contribution in [-0.2, 0) is 13.1 Å². The van der Waals surface area contributed by atoms with E-state index in [0.717, 1.165) is 35.9 Å². The third-order valence-corrected chi connectivity index (χ3v) is 6.63. The Morgan fingerprint density at radius 3 is 2.71 bits per heavy atom. The van der Waals surface area contributed by atoms with E-state index >= 15 is 0 Å². The van der Waals surface area contributed by atoms with E-state index in [1.165, 1.54) is 11.1 Å². The van der Waals surface area contributed by atoms with Crippen LogP contribution in [0.25, 0.3) is 16.8 Å². The highest BCUT2D eigenvalue weighted by atomic mass is 32.2. The van der Waals surface area contributed by atoms with Crippen LogP contribution in [0.3, 0.4) is 0 Å². The molecule has 0 unspecified atom stereocenters. The van der Waals surface area contributed by atoms with Crippen LogP contribution in [0, 0.1) is 13.8 Å². The van der Waals surface area contributed by atoms with Crippen molar-refractivity contribution in [3.8, 4) is 11.3 Å². The Labute approximate surface area is 183 Å². The predicted molar refractivity (Wildman–Crippen MR) is 120 cm³/mol. The number of hydrogen-bond donors (Lipinski definition) is 0. The summed E-state index contributed by atoms with van der Waals surface area (Å²) in [5.41, 5.74) is 4.59. The maximum atomic E-state index is 13.0. The van der Waals surface area contributed by atoms with E-state index in [9.17, 15) is 4.79 Å². The molecule has 1 saturated heterocycles. The van der Waals surface area contributed by atoms with Gasteiger partial charge < -0.3 is 9.09 Å². The molecule has 4 aromatic rings. The zero-order valence-electron chi connectivity index (χ0n) is 17.6. The second-order valence-electron chi connectivity index (χ2n) is 7.88. The normalized spacial score (nSPS) is 15.0. The van der Waals surface area contributed by atoms with Gasteiger partial charge in [-0.2, -0.15) is 21.8 Å². The molecule has 0 amide bonds. The van der Waals surface area contributed by atoms with E-state index in [2.05, 4.69) is 46.1 Å². The molecule has 8 nitrogen and oxygen atoms in total. The van der Waals surface area contributed by atoms with Crippen LogP contribution in [0.2, 0.25) is 0 Å². The molecule has 160 valence electrons. The van der Waals surface area contributed by atoms with Gasteiger partial charge in [0.15, 0.2) is 5.82 Å². The fourth-order valence-corrected chi connectivity index (χ4v) is 4.69. The lowest BCUT2D eigenvalue weighted by atomic mass is 10.0. The minimum atomic E-state index is -0.135. The largest absolute Gasteiger partial charge is 0.338 e. The first kappa shape index (κ1) is 20.0. The van der Waals surface area contributed by atoms with Gasteiger partial charge in [-0.05, 0) is 37.1 Å². The molecule has 0 radical (unpaired) electrons. The number of benzene rings is 1. The van der Waals surface area contributed by atoms with E-state index in [4.69, 9.17) is 4.52 Å². The van der Waals surface area contributed by atoms with Crippen molar-refractivity contribution in [1.29, 1.82) is 0 Å². The number of rotatable bonds is 5. The van der Waals surface area contributed by atoms with E-state index in [0.29, 0.717) is 23.8 Å². The molecule has 0 N–H and O–H groups in total. The summed E-state index contributed by atoms with van der Waals surface area (Å²) in [6, 6.07) is 8.03. The molecule has 1 aromatic carbocycles. The highest BCUT2D eigenvalue weighted by Crippen LogP contribution is 2.21. The summed E-state index contributed by atoms with van der Waals surface area (Å²) in [6.07, 6.45) is 3.50. The maximum Gasteiger partial charge on any atom is 0.277 e. The van der Waals surface area contributed by atoms with Crippen molar-refractivity contribution in [3.05, 3.63) is 69.9 Å². The van der Waals surface area contributed by atoms with Crippen molar-refractivity contribution in [2.24, 2.45) is 0 Å². The van der Waals surface area contributed by atoms with Crippen molar-refractivity contribution < 1.29 is 4.52 Å². The smallest absolute Gasteiger partial charge is 0.277 e. The van der Waals surface area contributed by atoms with Crippen molar-refractivity contribution in [2.75, 3.05) is 24.6 Å². The van der Waals surface area contributed by atoms with Gasteiger partial charge in [0.1, 0.15) is 5.52 Å². The minimum absolute atomic E-state index is 0.135. The summed E-state index contributed by atoms with van der Waals surface area (Å²) in [7, 11) is 0. The van der Waals surface area contributed by atoms with E-state index < -0.39 is 0 Å². The lowest BCUT2D eigenvalue weighted by Crippen LogP contribution is -2.32. The Hall–Kier alpha value is -2.91. The summed E-state index contributed by atoms with van der Waals surface area (Å²) in [4.78, 5) is 19.8. The van der Waals surface area contributed by atoms with Gasteiger partial charge in [-0.15, -0.1) is 0 Å². The van der Waals surface area contributed by atoms with Crippen LogP contribution in [0.1, 0.15) is 22.8 Å². The summed E-state index contributed by atoms with van der Waals surface area (Å²) in [5, 5.41) is 8.65. The van der Waals surface area contributed by atoms with Crippen LogP contribution in [-0.4, -0.2) is 53.8 Å². The molecule has 0 spiro atoms. The Bertz CT molecular complexity index is 1280. The van der Waals surface area contributed by atoms with Crippen LogP contribution >= 0.6 is 11.8 Å². The first-order chi connectivity index (χ1) is 15.1. The number of thioether (sulfide) groups is 1. The molecular weight excluding hydrogens is 412 g/mol. The second-order valence-corrected chi connectivity index (χ2v) is 9.11. The molecule has 9 heteroatoms. The summed E-state index contributed by atoms with van der Waals surface area (Å²) in [5.74, 6) is 3.36. The zero-order valence-corrected chi connectivity index (χ0v) is 18.4. The van der Waals surface area contributed by atoms with Crippen LogP contribution in [0.5, 0.6) is 0 Å². The molecule has 0 atom stereocenters.